The fraction of sp³-hybridized carbons (Fsp3) is 0.538. The van der Waals surface area contributed by atoms with Crippen molar-refractivity contribution in [1.82, 2.24) is 14.8 Å². The lowest BCUT2D eigenvalue weighted by atomic mass is 10.1. The van der Waals surface area contributed by atoms with Gasteiger partial charge in [0.2, 0.25) is 5.91 Å². The lowest BCUT2D eigenvalue weighted by Crippen LogP contribution is -2.53. The Balaban J connectivity index is 0.00000180. The van der Waals surface area contributed by atoms with Crippen LogP contribution in [0.5, 0.6) is 0 Å². The van der Waals surface area contributed by atoms with Crippen LogP contribution < -0.4 is 5.73 Å². The van der Waals surface area contributed by atoms with Gasteiger partial charge in [-0.15, -0.1) is 24.8 Å². The second-order valence-corrected chi connectivity index (χ2v) is 4.96. The standard InChI is InChI=1S/C13H20N4O.2ClH/c1-10-9-16(2)5-6-17(10)13(18)7-12-4-3-11(14)8-15-12;;/h3-4,8,10H,5-7,9,14H2,1-2H3;2*1H. The maximum atomic E-state index is 12.2. The molecule has 5 nitrogen and oxygen atoms in total. The van der Waals surface area contributed by atoms with Crippen LogP contribution in [0.1, 0.15) is 12.6 Å². The number of hydrogen-bond donors (Lipinski definition) is 1. The summed E-state index contributed by atoms with van der Waals surface area (Å²) in [5.74, 6) is 0.146. The number of amides is 1. The van der Waals surface area contributed by atoms with Gasteiger partial charge in [-0.2, -0.15) is 0 Å². The predicted molar refractivity (Wildman–Crippen MR) is 85.5 cm³/mol. The summed E-state index contributed by atoms with van der Waals surface area (Å²) in [7, 11) is 2.08. The van der Waals surface area contributed by atoms with Crippen LogP contribution in [-0.2, 0) is 11.2 Å². The van der Waals surface area contributed by atoms with Gasteiger partial charge in [0.05, 0.1) is 18.3 Å². The maximum Gasteiger partial charge on any atom is 0.228 e. The number of aromatic nitrogens is 1. The first-order valence-corrected chi connectivity index (χ1v) is 6.24. The van der Waals surface area contributed by atoms with Gasteiger partial charge in [0, 0.05) is 31.4 Å². The highest BCUT2D eigenvalue weighted by atomic mass is 35.5. The van der Waals surface area contributed by atoms with Crippen molar-refractivity contribution in [2.24, 2.45) is 0 Å². The molecule has 1 atom stereocenters. The molecule has 0 saturated carbocycles. The summed E-state index contributed by atoms with van der Waals surface area (Å²) in [4.78, 5) is 20.6. The molecule has 0 aliphatic carbocycles. The third-order valence-electron chi connectivity index (χ3n) is 3.33. The minimum atomic E-state index is 0. The van der Waals surface area contributed by atoms with Crippen LogP contribution in [0.3, 0.4) is 0 Å². The number of halogens is 2. The second-order valence-electron chi connectivity index (χ2n) is 4.96. The molecule has 0 radical (unpaired) electrons. The van der Waals surface area contributed by atoms with E-state index >= 15 is 0 Å². The van der Waals surface area contributed by atoms with E-state index in [-0.39, 0.29) is 36.8 Å². The Hall–Kier alpha value is -1.04. The first kappa shape index (κ1) is 19.0. The Bertz CT molecular complexity index is 427. The summed E-state index contributed by atoms with van der Waals surface area (Å²) in [6, 6.07) is 3.86. The minimum Gasteiger partial charge on any atom is -0.397 e. The van der Waals surface area contributed by atoms with Crippen LogP contribution in [0.2, 0.25) is 0 Å². The number of carbonyl (C=O) groups is 1. The topological polar surface area (TPSA) is 62.5 Å². The molecule has 0 aromatic carbocycles. The lowest BCUT2D eigenvalue weighted by Gasteiger charge is -2.38. The van der Waals surface area contributed by atoms with Crippen molar-refractivity contribution in [3.05, 3.63) is 24.0 Å². The van der Waals surface area contributed by atoms with Crippen LogP contribution in [0.15, 0.2) is 18.3 Å². The summed E-state index contributed by atoms with van der Waals surface area (Å²) in [6.45, 7) is 4.75. The summed E-state index contributed by atoms with van der Waals surface area (Å²) in [6.07, 6.45) is 1.95. The summed E-state index contributed by atoms with van der Waals surface area (Å²) < 4.78 is 0. The van der Waals surface area contributed by atoms with E-state index in [1.54, 1.807) is 12.3 Å². The van der Waals surface area contributed by atoms with E-state index in [2.05, 4.69) is 23.9 Å². The lowest BCUT2D eigenvalue weighted by molar-refractivity contribution is -0.134. The average molecular weight is 321 g/mol. The van der Waals surface area contributed by atoms with Crippen LogP contribution in [-0.4, -0.2) is 53.4 Å². The van der Waals surface area contributed by atoms with Crippen molar-refractivity contribution >= 4 is 36.4 Å². The molecule has 2 rings (SSSR count). The molecule has 1 aliphatic heterocycles. The number of rotatable bonds is 2. The smallest absolute Gasteiger partial charge is 0.228 e. The van der Waals surface area contributed by atoms with Crippen molar-refractivity contribution in [1.29, 1.82) is 0 Å². The molecule has 1 amide bonds. The number of carbonyl (C=O) groups excluding carboxylic acids is 1. The molecule has 1 unspecified atom stereocenters. The molecule has 1 aromatic rings. The Labute approximate surface area is 132 Å². The number of piperazine rings is 1. The third kappa shape index (κ3) is 4.81. The first-order valence-electron chi connectivity index (χ1n) is 6.24. The van der Waals surface area contributed by atoms with Crippen LogP contribution >= 0.6 is 24.8 Å². The van der Waals surface area contributed by atoms with Gasteiger partial charge in [0.1, 0.15) is 0 Å². The second kappa shape index (κ2) is 8.29. The van der Waals surface area contributed by atoms with Crippen molar-refractivity contribution in [3.8, 4) is 0 Å². The van der Waals surface area contributed by atoms with Gasteiger partial charge in [-0.25, -0.2) is 0 Å². The maximum absolute atomic E-state index is 12.2. The van der Waals surface area contributed by atoms with Gasteiger partial charge in [-0.05, 0) is 26.1 Å². The van der Waals surface area contributed by atoms with Crippen LogP contribution in [0.25, 0.3) is 0 Å². The molecule has 1 saturated heterocycles. The highest BCUT2D eigenvalue weighted by Crippen LogP contribution is 2.11. The van der Waals surface area contributed by atoms with Crippen molar-refractivity contribution in [2.75, 3.05) is 32.4 Å². The number of hydrogen-bond acceptors (Lipinski definition) is 4. The SMILES string of the molecule is CC1CN(C)CCN1C(=O)Cc1ccc(N)cn1.Cl.Cl. The van der Waals surface area contributed by atoms with Crippen LogP contribution in [0, 0.1) is 0 Å². The Morgan fingerprint density at radius 2 is 2.10 bits per heavy atom. The minimum absolute atomic E-state index is 0. The molecule has 114 valence electrons. The molecule has 20 heavy (non-hydrogen) atoms. The molecule has 1 fully saturated rings. The summed E-state index contributed by atoms with van der Waals surface area (Å²) in [5.41, 5.74) is 6.98. The van der Waals surface area contributed by atoms with Gasteiger partial charge >= 0.3 is 0 Å². The number of nitrogen functional groups attached to an aromatic ring is 1. The third-order valence-corrected chi connectivity index (χ3v) is 3.33. The number of likely N-dealkylation sites (N-methyl/N-ethyl adjacent to an activating group) is 1. The summed E-state index contributed by atoms with van der Waals surface area (Å²) >= 11 is 0. The highest BCUT2D eigenvalue weighted by molar-refractivity contribution is 5.85. The Morgan fingerprint density at radius 3 is 2.65 bits per heavy atom. The van der Waals surface area contributed by atoms with Gasteiger partial charge in [-0.3, -0.25) is 9.78 Å². The van der Waals surface area contributed by atoms with Crippen molar-refractivity contribution in [3.63, 3.8) is 0 Å². The molecule has 7 heteroatoms. The van der Waals surface area contributed by atoms with Crippen molar-refractivity contribution in [2.45, 2.75) is 19.4 Å². The number of pyridine rings is 1. The molecule has 1 aliphatic rings. The summed E-state index contributed by atoms with van der Waals surface area (Å²) in [5, 5.41) is 0. The van der Waals surface area contributed by atoms with E-state index in [1.165, 1.54) is 0 Å². The molecule has 1 aromatic heterocycles. The monoisotopic (exact) mass is 320 g/mol. The molecular weight excluding hydrogens is 299 g/mol. The van der Waals surface area contributed by atoms with E-state index in [4.69, 9.17) is 5.73 Å². The fourth-order valence-electron chi connectivity index (χ4n) is 2.31. The number of anilines is 1. The zero-order valence-electron chi connectivity index (χ0n) is 11.8. The van der Waals surface area contributed by atoms with E-state index in [0.29, 0.717) is 12.1 Å². The van der Waals surface area contributed by atoms with E-state index in [9.17, 15) is 4.79 Å². The molecule has 2 N–H and O–H groups in total. The first-order chi connectivity index (χ1) is 8.56. The zero-order valence-corrected chi connectivity index (χ0v) is 13.4. The quantitative estimate of drug-likeness (QED) is 0.889. The average Bonchev–Trinajstić information content (AvgIpc) is 2.32. The van der Waals surface area contributed by atoms with Gasteiger partial charge in [0.15, 0.2) is 0 Å². The largest absolute Gasteiger partial charge is 0.397 e. The molecule has 0 bridgehead atoms. The Kier molecular flexibility index (Phi) is 7.86. The van der Waals surface area contributed by atoms with Gasteiger partial charge in [0.25, 0.3) is 0 Å². The van der Waals surface area contributed by atoms with E-state index in [0.717, 1.165) is 25.3 Å². The van der Waals surface area contributed by atoms with E-state index in [1.807, 2.05) is 11.0 Å². The highest BCUT2D eigenvalue weighted by Gasteiger charge is 2.25. The normalized spacial score (nSPS) is 18.9. The fourth-order valence-corrected chi connectivity index (χ4v) is 2.31. The predicted octanol–water partition coefficient (Wildman–Crippen LogP) is 1.21. The van der Waals surface area contributed by atoms with Gasteiger partial charge < -0.3 is 15.5 Å². The molecule has 0 spiro atoms. The Morgan fingerprint density at radius 1 is 1.40 bits per heavy atom. The van der Waals surface area contributed by atoms with Gasteiger partial charge in [-0.1, -0.05) is 0 Å². The molecule has 2 heterocycles. The molecular formula is C13H22Cl2N4O. The zero-order chi connectivity index (χ0) is 13.1. The van der Waals surface area contributed by atoms with E-state index < -0.39 is 0 Å². The number of nitrogens with two attached hydrogens (primary N) is 1. The van der Waals surface area contributed by atoms with Crippen LogP contribution in [0.4, 0.5) is 5.69 Å². The van der Waals surface area contributed by atoms with Crippen molar-refractivity contribution < 1.29 is 4.79 Å². The number of nitrogens with zero attached hydrogens (tertiary/aromatic N) is 3.